The number of benzene rings is 1. The average Bonchev–Trinajstić information content (AvgIpc) is 2.97. The predicted octanol–water partition coefficient (Wildman–Crippen LogP) is 0.387. The molecule has 3 atom stereocenters. The fourth-order valence-electron chi connectivity index (χ4n) is 2.45. The highest BCUT2D eigenvalue weighted by molar-refractivity contribution is 5.83. The molecular formula is C15H22N2O3. The van der Waals surface area contributed by atoms with Crippen molar-refractivity contribution in [3.05, 3.63) is 35.9 Å². The van der Waals surface area contributed by atoms with Crippen LogP contribution >= 0.6 is 0 Å². The Morgan fingerprint density at radius 3 is 2.75 bits per heavy atom. The summed E-state index contributed by atoms with van der Waals surface area (Å²) >= 11 is 0. The molecule has 1 saturated heterocycles. The Balaban J connectivity index is 2.05. The highest BCUT2D eigenvalue weighted by atomic mass is 16.5. The smallest absolute Gasteiger partial charge is 0.238 e. The minimum atomic E-state index is -0.773. The minimum absolute atomic E-state index is 0.0721. The first-order valence-electron chi connectivity index (χ1n) is 6.83. The summed E-state index contributed by atoms with van der Waals surface area (Å²) in [7, 11) is 1.65. The number of hydrogen-bond acceptors (Lipinski definition) is 4. The number of aliphatic hydroxyl groups is 1. The maximum Gasteiger partial charge on any atom is 0.238 e. The van der Waals surface area contributed by atoms with Crippen molar-refractivity contribution in [3.63, 3.8) is 0 Å². The number of aliphatic hydroxyl groups excluding tert-OH is 1. The van der Waals surface area contributed by atoms with Crippen LogP contribution in [0.3, 0.4) is 0 Å². The molecule has 110 valence electrons. The summed E-state index contributed by atoms with van der Waals surface area (Å²) in [4.78, 5) is 12.3. The van der Waals surface area contributed by atoms with E-state index in [1.807, 2.05) is 37.3 Å². The molecule has 1 aliphatic rings. The SMILES string of the molecule is COC1CNC(C(=O)NC(C)(CO)c2ccccc2)C1. The quantitative estimate of drug-likeness (QED) is 0.728. The minimum Gasteiger partial charge on any atom is -0.394 e. The molecule has 0 bridgehead atoms. The van der Waals surface area contributed by atoms with Crippen molar-refractivity contribution in [1.29, 1.82) is 0 Å². The summed E-state index contributed by atoms with van der Waals surface area (Å²) in [6.07, 6.45) is 0.724. The predicted molar refractivity (Wildman–Crippen MR) is 76.2 cm³/mol. The van der Waals surface area contributed by atoms with Gasteiger partial charge in [0, 0.05) is 13.7 Å². The third-order valence-electron chi connectivity index (χ3n) is 3.87. The molecule has 3 unspecified atom stereocenters. The van der Waals surface area contributed by atoms with Crippen LogP contribution in [0.25, 0.3) is 0 Å². The van der Waals surface area contributed by atoms with E-state index in [1.54, 1.807) is 7.11 Å². The number of carbonyl (C=O) groups excluding carboxylic acids is 1. The summed E-state index contributed by atoms with van der Waals surface area (Å²) in [5.41, 5.74) is 0.114. The lowest BCUT2D eigenvalue weighted by Crippen LogP contribution is -2.52. The molecule has 5 nitrogen and oxygen atoms in total. The zero-order valence-electron chi connectivity index (χ0n) is 11.9. The van der Waals surface area contributed by atoms with Crippen molar-refractivity contribution in [1.82, 2.24) is 10.6 Å². The fraction of sp³-hybridized carbons (Fsp3) is 0.533. The van der Waals surface area contributed by atoms with E-state index in [0.29, 0.717) is 13.0 Å². The highest BCUT2D eigenvalue weighted by Gasteiger charge is 2.34. The van der Waals surface area contributed by atoms with Crippen LogP contribution in [-0.2, 0) is 15.1 Å². The number of hydrogen-bond donors (Lipinski definition) is 3. The van der Waals surface area contributed by atoms with Gasteiger partial charge >= 0.3 is 0 Å². The van der Waals surface area contributed by atoms with Crippen molar-refractivity contribution in [2.75, 3.05) is 20.3 Å². The number of nitrogens with one attached hydrogen (secondary N) is 2. The Bertz CT molecular complexity index is 452. The van der Waals surface area contributed by atoms with Crippen LogP contribution in [0.1, 0.15) is 18.9 Å². The van der Waals surface area contributed by atoms with Gasteiger partial charge in [-0.15, -0.1) is 0 Å². The topological polar surface area (TPSA) is 70.6 Å². The van der Waals surface area contributed by atoms with Gasteiger partial charge in [0.1, 0.15) is 0 Å². The van der Waals surface area contributed by atoms with E-state index >= 15 is 0 Å². The zero-order chi connectivity index (χ0) is 14.6. The molecule has 0 radical (unpaired) electrons. The maximum atomic E-state index is 12.3. The number of methoxy groups -OCH3 is 1. The molecule has 5 heteroatoms. The van der Waals surface area contributed by atoms with Gasteiger partial charge in [0.05, 0.1) is 24.3 Å². The van der Waals surface area contributed by atoms with E-state index < -0.39 is 5.54 Å². The van der Waals surface area contributed by atoms with Gasteiger partial charge in [-0.1, -0.05) is 30.3 Å². The molecule has 1 fully saturated rings. The summed E-state index contributed by atoms with van der Waals surface area (Å²) in [5, 5.41) is 15.7. The van der Waals surface area contributed by atoms with Crippen LogP contribution in [0.5, 0.6) is 0 Å². The number of ether oxygens (including phenoxy) is 1. The van der Waals surface area contributed by atoms with Gasteiger partial charge in [-0.2, -0.15) is 0 Å². The van der Waals surface area contributed by atoms with Gasteiger partial charge in [0.2, 0.25) is 5.91 Å². The molecule has 0 aromatic heterocycles. The van der Waals surface area contributed by atoms with Crippen molar-refractivity contribution in [2.24, 2.45) is 0 Å². The molecule has 0 aliphatic carbocycles. The van der Waals surface area contributed by atoms with Crippen molar-refractivity contribution in [2.45, 2.75) is 31.0 Å². The summed E-state index contributed by atoms with van der Waals surface area (Å²) in [6.45, 7) is 2.35. The summed E-state index contributed by atoms with van der Waals surface area (Å²) < 4.78 is 5.24. The van der Waals surface area contributed by atoms with Gasteiger partial charge in [0.15, 0.2) is 0 Å². The zero-order valence-corrected chi connectivity index (χ0v) is 11.9. The van der Waals surface area contributed by atoms with Crippen LogP contribution in [0, 0.1) is 0 Å². The molecular weight excluding hydrogens is 256 g/mol. The van der Waals surface area contributed by atoms with Crippen molar-refractivity contribution in [3.8, 4) is 0 Å². The van der Waals surface area contributed by atoms with Gasteiger partial charge in [0.25, 0.3) is 0 Å². The maximum absolute atomic E-state index is 12.3. The largest absolute Gasteiger partial charge is 0.394 e. The second-order valence-corrected chi connectivity index (χ2v) is 5.40. The number of amides is 1. The van der Waals surface area contributed by atoms with E-state index in [0.717, 1.165) is 5.56 Å². The second kappa shape index (κ2) is 6.35. The molecule has 1 aromatic carbocycles. The average molecular weight is 278 g/mol. The Morgan fingerprint density at radius 2 is 2.20 bits per heavy atom. The first-order chi connectivity index (χ1) is 9.59. The van der Waals surface area contributed by atoms with Crippen LogP contribution < -0.4 is 10.6 Å². The Hall–Kier alpha value is -1.43. The molecule has 0 spiro atoms. The Morgan fingerprint density at radius 1 is 1.50 bits per heavy atom. The van der Waals surface area contributed by atoms with Crippen LogP contribution in [0.4, 0.5) is 0 Å². The number of rotatable bonds is 5. The first-order valence-corrected chi connectivity index (χ1v) is 6.83. The van der Waals surface area contributed by atoms with E-state index in [1.165, 1.54) is 0 Å². The molecule has 1 amide bonds. The third kappa shape index (κ3) is 3.17. The van der Waals surface area contributed by atoms with Gasteiger partial charge in [-0.25, -0.2) is 0 Å². The molecule has 1 aliphatic heterocycles. The molecule has 20 heavy (non-hydrogen) atoms. The first kappa shape index (κ1) is 15.0. The molecule has 3 N–H and O–H groups in total. The van der Waals surface area contributed by atoms with Gasteiger partial charge in [-0.05, 0) is 18.9 Å². The van der Waals surface area contributed by atoms with Crippen LogP contribution in [0.15, 0.2) is 30.3 Å². The standard InChI is InChI=1S/C15H22N2O3/c1-15(10-18,11-6-4-3-5-7-11)17-14(19)13-8-12(20-2)9-16-13/h3-7,12-13,16,18H,8-10H2,1-2H3,(H,17,19). The fourth-order valence-corrected chi connectivity index (χ4v) is 2.45. The lowest BCUT2D eigenvalue weighted by atomic mass is 9.92. The van der Waals surface area contributed by atoms with Crippen molar-refractivity contribution < 1.29 is 14.6 Å². The van der Waals surface area contributed by atoms with Crippen LogP contribution in [0.2, 0.25) is 0 Å². The van der Waals surface area contributed by atoms with E-state index in [4.69, 9.17) is 4.74 Å². The lowest BCUT2D eigenvalue weighted by Gasteiger charge is -2.30. The van der Waals surface area contributed by atoms with Gasteiger partial charge < -0.3 is 20.5 Å². The lowest BCUT2D eigenvalue weighted by molar-refractivity contribution is -0.125. The Kier molecular flexibility index (Phi) is 4.75. The van der Waals surface area contributed by atoms with Crippen LogP contribution in [-0.4, -0.2) is 43.4 Å². The van der Waals surface area contributed by atoms with E-state index in [9.17, 15) is 9.90 Å². The molecule has 1 heterocycles. The monoisotopic (exact) mass is 278 g/mol. The normalized spacial score (nSPS) is 25.1. The number of carbonyl (C=O) groups is 1. The summed E-state index contributed by atoms with van der Waals surface area (Å²) in [5.74, 6) is -0.107. The second-order valence-electron chi connectivity index (χ2n) is 5.40. The summed E-state index contributed by atoms with van der Waals surface area (Å²) in [6, 6.07) is 9.22. The van der Waals surface area contributed by atoms with Crippen molar-refractivity contribution >= 4 is 5.91 Å². The molecule has 2 rings (SSSR count). The third-order valence-corrected chi connectivity index (χ3v) is 3.87. The Labute approximate surface area is 119 Å². The van der Waals surface area contributed by atoms with Gasteiger partial charge in [-0.3, -0.25) is 4.79 Å². The molecule has 0 saturated carbocycles. The molecule has 1 aromatic rings. The van der Waals surface area contributed by atoms with E-state index in [-0.39, 0.29) is 24.7 Å². The van der Waals surface area contributed by atoms with E-state index in [2.05, 4.69) is 10.6 Å². The highest BCUT2D eigenvalue weighted by Crippen LogP contribution is 2.21.